The van der Waals surface area contributed by atoms with Gasteiger partial charge in [-0.15, -0.1) is 0 Å². The standard InChI is InChI=1S/C17H29NOS/c1-14(2)12-15-6-8-16(9-7-15)17(18-3)13-20-11-5-10-19-4/h6-9,14,17-18H,5,10-13H2,1-4H3. The van der Waals surface area contributed by atoms with Gasteiger partial charge in [-0.2, -0.15) is 11.8 Å². The average Bonchev–Trinajstić information content (AvgIpc) is 2.43. The third-order valence-corrected chi connectivity index (χ3v) is 4.44. The van der Waals surface area contributed by atoms with Gasteiger partial charge in [0.1, 0.15) is 0 Å². The second kappa shape index (κ2) is 10.3. The minimum atomic E-state index is 0.440. The lowest BCUT2D eigenvalue weighted by Crippen LogP contribution is -2.19. The molecule has 0 heterocycles. The van der Waals surface area contributed by atoms with Gasteiger partial charge < -0.3 is 10.1 Å². The lowest BCUT2D eigenvalue weighted by molar-refractivity contribution is 0.200. The first-order chi connectivity index (χ1) is 9.67. The summed E-state index contributed by atoms with van der Waals surface area (Å²) in [7, 11) is 3.81. The minimum Gasteiger partial charge on any atom is -0.385 e. The molecule has 20 heavy (non-hydrogen) atoms. The number of hydrogen-bond acceptors (Lipinski definition) is 3. The van der Waals surface area contributed by atoms with Crippen LogP contribution in [0.1, 0.15) is 37.4 Å². The zero-order valence-corrected chi connectivity index (χ0v) is 14.1. The first kappa shape index (κ1) is 17.5. The predicted octanol–water partition coefficient (Wildman–Crippen LogP) is 3.92. The second-order valence-electron chi connectivity index (χ2n) is 5.60. The van der Waals surface area contributed by atoms with Crippen molar-refractivity contribution in [3.8, 4) is 0 Å². The van der Waals surface area contributed by atoms with Crippen LogP contribution in [0.25, 0.3) is 0 Å². The SMILES string of the molecule is CNC(CSCCCOC)c1ccc(CC(C)C)cc1. The van der Waals surface area contributed by atoms with Gasteiger partial charge in [-0.05, 0) is 42.7 Å². The average molecular weight is 295 g/mol. The molecule has 1 N–H and O–H groups in total. The highest BCUT2D eigenvalue weighted by Crippen LogP contribution is 2.20. The number of methoxy groups -OCH3 is 1. The zero-order valence-electron chi connectivity index (χ0n) is 13.3. The van der Waals surface area contributed by atoms with Crippen molar-refractivity contribution in [2.24, 2.45) is 5.92 Å². The van der Waals surface area contributed by atoms with Gasteiger partial charge in [0, 0.05) is 25.5 Å². The van der Waals surface area contributed by atoms with Crippen molar-refractivity contribution in [2.75, 3.05) is 32.3 Å². The lowest BCUT2D eigenvalue weighted by atomic mass is 10.00. The molecule has 0 radical (unpaired) electrons. The van der Waals surface area contributed by atoms with Gasteiger partial charge in [-0.3, -0.25) is 0 Å². The molecule has 3 heteroatoms. The van der Waals surface area contributed by atoms with E-state index in [0.717, 1.165) is 36.9 Å². The van der Waals surface area contributed by atoms with E-state index in [1.165, 1.54) is 11.1 Å². The quantitative estimate of drug-likeness (QED) is 0.661. The number of ether oxygens (including phenoxy) is 1. The monoisotopic (exact) mass is 295 g/mol. The maximum absolute atomic E-state index is 5.08. The number of benzene rings is 1. The van der Waals surface area contributed by atoms with E-state index < -0.39 is 0 Å². The van der Waals surface area contributed by atoms with Crippen LogP contribution in [0.3, 0.4) is 0 Å². The van der Waals surface area contributed by atoms with Crippen molar-refractivity contribution in [3.63, 3.8) is 0 Å². The molecule has 0 aliphatic heterocycles. The smallest absolute Gasteiger partial charge is 0.0470 e. The summed E-state index contributed by atoms with van der Waals surface area (Å²) in [5, 5.41) is 3.42. The fourth-order valence-electron chi connectivity index (χ4n) is 2.21. The highest BCUT2D eigenvalue weighted by atomic mass is 32.2. The van der Waals surface area contributed by atoms with Crippen LogP contribution in [0.5, 0.6) is 0 Å². The molecule has 114 valence electrons. The third kappa shape index (κ3) is 6.78. The Labute approximate surface area is 128 Å². The molecule has 0 saturated heterocycles. The topological polar surface area (TPSA) is 21.3 Å². The van der Waals surface area contributed by atoms with Crippen molar-refractivity contribution in [1.82, 2.24) is 5.32 Å². The summed E-state index contributed by atoms with van der Waals surface area (Å²) in [5.74, 6) is 3.00. The molecule has 0 fully saturated rings. The normalized spacial score (nSPS) is 12.8. The van der Waals surface area contributed by atoms with Crippen molar-refractivity contribution in [1.29, 1.82) is 0 Å². The Kier molecular flexibility index (Phi) is 8.99. The van der Waals surface area contributed by atoms with Crippen LogP contribution in [-0.2, 0) is 11.2 Å². The molecule has 0 aliphatic rings. The third-order valence-electron chi connectivity index (χ3n) is 3.30. The van der Waals surface area contributed by atoms with Gasteiger partial charge in [0.15, 0.2) is 0 Å². The predicted molar refractivity (Wildman–Crippen MR) is 90.6 cm³/mol. The van der Waals surface area contributed by atoms with Crippen molar-refractivity contribution in [3.05, 3.63) is 35.4 Å². The molecule has 1 unspecified atom stereocenters. The van der Waals surface area contributed by atoms with Crippen LogP contribution in [0.15, 0.2) is 24.3 Å². The molecule has 1 rings (SSSR count). The highest BCUT2D eigenvalue weighted by molar-refractivity contribution is 7.99. The Morgan fingerprint density at radius 1 is 1.20 bits per heavy atom. The van der Waals surface area contributed by atoms with E-state index in [9.17, 15) is 0 Å². The highest BCUT2D eigenvalue weighted by Gasteiger charge is 2.09. The Hall–Kier alpha value is -0.510. The second-order valence-corrected chi connectivity index (χ2v) is 6.75. The van der Waals surface area contributed by atoms with Gasteiger partial charge in [0.2, 0.25) is 0 Å². The molecule has 0 spiro atoms. The molecule has 1 aromatic rings. The molecular weight excluding hydrogens is 266 g/mol. The molecule has 0 bridgehead atoms. The van der Waals surface area contributed by atoms with Crippen molar-refractivity contribution < 1.29 is 4.74 Å². The largest absolute Gasteiger partial charge is 0.385 e. The molecule has 0 amide bonds. The summed E-state index contributed by atoms with van der Waals surface area (Å²) >= 11 is 1.99. The van der Waals surface area contributed by atoms with Gasteiger partial charge >= 0.3 is 0 Å². The van der Waals surface area contributed by atoms with Crippen LogP contribution in [0.4, 0.5) is 0 Å². The number of nitrogens with one attached hydrogen (secondary N) is 1. The Morgan fingerprint density at radius 3 is 2.45 bits per heavy atom. The van der Waals surface area contributed by atoms with Gasteiger partial charge in [-0.25, -0.2) is 0 Å². The number of hydrogen-bond donors (Lipinski definition) is 1. The van der Waals surface area contributed by atoms with E-state index in [2.05, 4.69) is 43.4 Å². The lowest BCUT2D eigenvalue weighted by Gasteiger charge is -2.17. The van der Waals surface area contributed by atoms with Gasteiger partial charge in [0.05, 0.1) is 0 Å². The summed E-state index contributed by atoms with van der Waals surface area (Å²) in [6, 6.07) is 9.53. The van der Waals surface area contributed by atoms with E-state index in [4.69, 9.17) is 4.74 Å². The summed E-state index contributed by atoms with van der Waals surface area (Å²) in [6.45, 7) is 5.39. The molecule has 0 aromatic heterocycles. The summed E-state index contributed by atoms with van der Waals surface area (Å²) < 4.78 is 5.08. The van der Waals surface area contributed by atoms with Crippen molar-refractivity contribution >= 4 is 11.8 Å². The summed E-state index contributed by atoms with van der Waals surface area (Å²) in [6.07, 6.45) is 2.29. The Balaban J connectivity index is 2.44. The fraction of sp³-hybridized carbons (Fsp3) is 0.647. The van der Waals surface area contributed by atoms with Crippen LogP contribution in [0.2, 0.25) is 0 Å². The van der Waals surface area contributed by atoms with Crippen LogP contribution in [0, 0.1) is 5.92 Å². The molecule has 1 atom stereocenters. The fourth-order valence-corrected chi connectivity index (χ4v) is 3.29. The van der Waals surface area contributed by atoms with Crippen LogP contribution in [-0.4, -0.2) is 32.3 Å². The maximum atomic E-state index is 5.08. The van der Waals surface area contributed by atoms with Gasteiger partial charge in [-0.1, -0.05) is 38.1 Å². The van der Waals surface area contributed by atoms with E-state index in [1.54, 1.807) is 7.11 Å². The molecule has 2 nitrogen and oxygen atoms in total. The first-order valence-corrected chi connectivity index (χ1v) is 8.65. The molecular formula is C17H29NOS. The van der Waals surface area contributed by atoms with E-state index in [0.29, 0.717) is 6.04 Å². The minimum absolute atomic E-state index is 0.440. The van der Waals surface area contributed by atoms with E-state index in [-0.39, 0.29) is 0 Å². The molecule has 0 aliphatic carbocycles. The van der Waals surface area contributed by atoms with Crippen LogP contribution >= 0.6 is 11.8 Å². The van der Waals surface area contributed by atoms with Crippen molar-refractivity contribution in [2.45, 2.75) is 32.7 Å². The van der Waals surface area contributed by atoms with Crippen LogP contribution < -0.4 is 5.32 Å². The Bertz CT molecular complexity index is 351. The zero-order chi connectivity index (χ0) is 14.8. The maximum Gasteiger partial charge on any atom is 0.0470 e. The molecule has 0 saturated carbocycles. The van der Waals surface area contributed by atoms with E-state index in [1.807, 2.05) is 18.8 Å². The first-order valence-electron chi connectivity index (χ1n) is 7.50. The Morgan fingerprint density at radius 2 is 1.90 bits per heavy atom. The van der Waals surface area contributed by atoms with E-state index >= 15 is 0 Å². The summed E-state index contributed by atoms with van der Waals surface area (Å²) in [5.41, 5.74) is 2.82. The number of thioether (sulfide) groups is 1. The summed E-state index contributed by atoms with van der Waals surface area (Å²) in [4.78, 5) is 0. The van der Waals surface area contributed by atoms with Gasteiger partial charge in [0.25, 0.3) is 0 Å². The molecule has 1 aromatic carbocycles. The number of rotatable bonds is 10.